The van der Waals surface area contributed by atoms with E-state index in [2.05, 4.69) is 17.2 Å². The van der Waals surface area contributed by atoms with Gasteiger partial charge in [-0.25, -0.2) is 4.79 Å². The summed E-state index contributed by atoms with van der Waals surface area (Å²) in [7, 11) is 1.53. The SMILES string of the molecule is COc1ccc(CN2C(=O)NC(C#CC3CC3)(C(F)(F)F)c3cc(Cl)c(CCl)cc32)cc1. The number of methoxy groups -OCH3 is 1. The van der Waals surface area contributed by atoms with Gasteiger partial charge in [-0.2, -0.15) is 13.2 Å². The molecule has 0 aromatic heterocycles. The van der Waals surface area contributed by atoms with Gasteiger partial charge in [0.05, 0.1) is 19.3 Å². The Kier molecular flexibility index (Phi) is 5.95. The average Bonchev–Trinajstić information content (AvgIpc) is 3.58. The number of carbonyl (C=O) groups is 1. The number of nitrogens with one attached hydrogen (secondary N) is 1. The number of urea groups is 1. The zero-order valence-electron chi connectivity index (χ0n) is 17.0. The number of nitrogens with zero attached hydrogens (tertiary/aromatic N) is 1. The lowest BCUT2D eigenvalue weighted by Crippen LogP contribution is -2.62. The zero-order chi connectivity index (χ0) is 23.1. The largest absolute Gasteiger partial charge is 0.497 e. The van der Waals surface area contributed by atoms with Crippen molar-refractivity contribution in [1.29, 1.82) is 0 Å². The zero-order valence-corrected chi connectivity index (χ0v) is 18.5. The smallest absolute Gasteiger partial charge is 0.427 e. The molecule has 32 heavy (non-hydrogen) atoms. The minimum absolute atomic E-state index is 0.0170. The van der Waals surface area contributed by atoms with E-state index < -0.39 is 17.7 Å². The highest BCUT2D eigenvalue weighted by Gasteiger charge is 2.60. The van der Waals surface area contributed by atoms with Crippen LogP contribution in [0.3, 0.4) is 0 Å². The minimum atomic E-state index is -4.86. The molecule has 1 aliphatic carbocycles. The van der Waals surface area contributed by atoms with Crippen LogP contribution in [-0.4, -0.2) is 19.3 Å². The minimum Gasteiger partial charge on any atom is -0.497 e. The summed E-state index contributed by atoms with van der Waals surface area (Å²) in [5, 5.41) is 2.22. The first-order valence-electron chi connectivity index (χ1n) is 9.89. The van der Waals surface area contributed by atoms with Crippen LogP contribution in [0.4, 0.5) is 23.7 Å². The molecule has 1 aliphatic heterocycles. The molecule has 2 amide bonds. The predicted molar refractivity (Wildman–Crippen MR) is 117 cm³/mol. The third-order valence-electron chi connectivity index (χ3n) is 5.51. The van der Waals surface area contributed by atoms with E-state index in [0.29, 0.717) is 16.9 Å². The van der Waals surface area contributed by atoms with E-state index in [9.17, 15) is 18.0 Å². The standard InChI is InChI=1S/C23H19Cl2F3N2O2/c1-32-17-6-4-15(5-7-17)13-30-20-10-16(12-24)19(25)11-18(20)22(23(26,27)28,29-21(30)31)9-8-14-2-3-14/h4-7,10-11,14H,2-3,12-13H2,1H3,(H,29,31). The molecule has 4 nitrogen and oxygen atoms in total. The number of rotatable bonds is 4. The molecule has 0 bridgehead atoms. The van der Waals surface area contributed by atoms with Gasteiger partial charge in [0.25, 0.3) is 0 Å². The van der Waals surface area contributed by atoms with Gasteiger partial charge in [0.15, 0.2) is 0 Å². The Bertz CT molecular complexity index is 1110. The summed E-state index contributed by atoms with van der Waals surface area (Å²) < 4.78 is 48.5. The van der Waals surface area contributed by atoms with Gasteiger partial charge >= 0.3 is 12.2 Å². The number of halogens is 5. The lowest BCUT2D eigenvalue weighted by molar-refractivity contribution is -0.179. The van der Waals surface area contributed by atoms with Crippen molar-refractivity contribution in [2.75, 3.05) is 12.0 Å². The second-order valence-electron chi connectivity index (χ2n) is 7.75. The second-order valence-corrected chi connectivity index (χ2v) is 8.42. The van der Waals surface area contributed by atoms with Crippen LogP contribution in [0.25, 0.3) is 0 Å². The lowest BCUT2D eigenvalue weighted by atomic mass is 9.85. The summed E-state index contributed by atoms with van der Waals surface area (Å²) in [5.41, 5.74) is -1.87. The molecule has 1 atom stereocenters. The first-order chi connectivity index (χ1) is 15.2. The van der Waals surface area contributed by atoms with Crippen molar-refractivity contribution in [3.63, 3.8) is 0 Å². The Morgan fingerprint density at radius 1 is 1.25 bits per heavy atom. The van der Waals surface area contributed by atoms with E-state index in [1.165, 1.54) is 24.1 Å². The maximum absolute atomic E-state index is 14.5. The fourth-order valence-electron chi connectivity index (χ4n) is 3.54. The Balaban J connectivity index is 1.86. The normalized spacial score (nSPS) is 20.2. The third-order valence-corrected chi connectivity index (χ3v) is 6.15. The van der Waals surface area contributed by atoms with Gasteiger partial charge in [-0.3, -0.25) is 4.90 Å². The molecule has 0 spiro atoms. The van der Waals surface area contributed by atoms with Crippen molar-refractivity contribution in [2.45, 2.75) is 37.0 Å². The van der Waals surface area contributed by atoms with Crippen LogP contribution in [0.15, 0.2) is 36.4 Å². The summed E-state index contributed by atoms with van der Waals surface area (Å²) in [6, 6.07) is 8.65. The van der Waals surface area contributed by atoms with Gasteiger partial charge in [-0.05, 0) is 48.2 Å². The number of anilines is 1. The van der Waals surface area contributed by atoms with Crippen LogP contribution >= 0.6 is 23.2 Å². The molecule has 4 rings (SSSR count). The topological polar surface area (TPSA) is 41.6 Å². The molecule has 2 aromatic carbocycles. The average molecular weight is 483 g/mol. The van der Waals surface area contributed by atoms with Gasteiger partial charge < -0.3 is 10.1 Å². The van der Waals surface area contributed by atoms with Gasteiger partial charge in [-0.1, -0.05) is 35.6 Å². The van der Waals surface area contributed by atoms with Crippen molar-refractivity contribution in [3.8, 4) is 17.6 Å². The highest BCUT2D eigenvalue weighted by molar-refractivity contribution is 6.32. The fraction of sp³-hybridized carbons (Fsp3) is 0.348. The third kappa shape index (κ3) is 4.10. The van der Waals surface area contributed by atoms with Crippen LogP contribution in [0.5, 0.6) is 5.75 Å². The Morgan fingerprint density at radius 3 is 2.50 bits per heavy atom. The van der Waals surface area contributed by atoms with Crippen molar-refractivity contribution >= 4 is 34.9 Å². The number of hydrogen-bond acceptors (Lipinski definition) is 2. The molecule has 168 valence electrons. The quantitative estimate of drug-likeness (QED) is 0.429. The summed E-state index contributed by atoms with van der Waals surface area (Å²) >= 11 is 12.2. The number of fused-ring (bicyclic) bond motifs is 1. The monoisotopic (exact) mass is 482 g/mol. The molecular formula is C23H19Cl2F3N2O2. The van der Waals surface area contributed by atoms with Crippen molar-refractivity contribution in [1.82, 2.24) is 5.32 Å². The molecule has 0 saturated heterocycles. The van der Waals surface area contributed by atoms with E-state index in [4.69, 9.17) is 27.9 Å². The van der Waals surface area contributed by atoms with E-state index >= 15 is 0 Å². The summed E-state index contributed by atoms with van der Waals surface area (Å²) in [6.07, 6.45) is -3.37. The van der Waals surface area contributed by atoms with E-state index in [-0.39, 0.29) is 34.6 Å². The molecule has 0 radical (unpaired) electrons. The fourth-order valence-corrected chi connectivity index (χ4v) is 4.06. The Morgan fingerprint density at radius 2 is 1.94 bits per heavy atom. The number of benzene rings is 2. The molecule has 1 unspecified atom stereocenters. The van der Waals surface area contributed by atoms with Crippen LogP contribution in [0.1, 0.15) is 29.5 Å². The number of hydrogen-bond donors (Lipinski definition) is 1. The summed E-state index contributed by atoms with van der Waals surface area (Å²) in [4.78, 5) is 14.3. The maximum Gasteiger partial charge on any atom is 0.427 e. The molecule has 1 N–H and O–H groups in total. The molecule has 1 heterocycles. The van der Waals surface area contributed by atoms with Crippen LogP contribution < -0.4 is 15.0 Å². The van der Waals surface area contributed by atoms with Crippen LogP contribution in [-0.2, 0) is 18.0 Å². The molecule has 1 fully saturated rings. The van der Waals surface area contributed by atoms with Gasteiger partial charge in [0.1, 0.15) is 5.75 Å². The van der Waals surface area contributed by atoms with Crippen molar-refractivity contribution < 1.29 is 22.7 Å². The Labute approximate surface area is 193 Å². The first-order valence-corrected chi connectivity index (χ1v) is 10.8. The lowest BCUT2D eigenvalue weighted by Gasteiger charge is -2.42. The van der Waals surface area contributed by atoms with Crippen molar-refractivity contribution in [2.24, 2.45) is 5.92 Å². The molecule has 2 aliphatic rings. The molecule has 2 aromatic rings. The van der Waals surface area contributed by atoms with E-state index in [1.807, 2.05) is 0 Å². The molecule has 9 heteroatoms. The first kappa shape index (κ1) is 22.6. The molecule has 1 saturated carbocycles. The highest BCUT2D eigenvalue weighted by Crippen LogP contribution is 2.48. The highest BCUT2D eigenvalue weighted by atomic mass is 35.5. The van der Waals surface area contributed by atoms with Gasteiger partial charge in [0.2, 0.25) is 5.54 Å². The van der Waals surface area contributed by atoms with Crippen molar-refractivity contribution in [3.05, 3.63) is 58.1 Å². The number of amides is 2. The maximum atomic E-state index is 14.5. The van der Waals surface area contributed by atoms with E-state index in [1.54, 1.807) is 24.3 Å². The Hall–Kier alpha value is -2.56. The number of alkyl halides is 4. The van der Waals surface area contributed by atoms with Crippen LogP contribution in [0, 0.1) is 17.8 Å². The summed E-state index contributed by atoms with van der Waals surface area (Å²) in [6.45, 7) is 0.0379. The summed E-state index contributed by atoms with van der Waals surface area (Å²) in [5.74, 6) is 5.54. The number of ether oxygens (including phenoxy) is 1. The van der Waals surface area contributed by atoms with Gasteiger partial charge in [0, 0.05) is 22.4 Å². The van der Waals surface area contributed by atoms with Crippen LogP contribution in [0.2, 0.25) is 5.02 Å². The van der Waals surface area contributed by atoms with Gasteiger partial charge in [-0.15, -0.1) is 11.6 Å². The number of carbonyl (C=O) groups excluding carboxylic acids is 1. The van der Waals surface area contributed by atoms with E-state index in [0.717, 1.165) is 12.8 Å². The molecular weight excluding hydrogens is 464 g/mol. The second kappa shape index (κ2) is 8.42. The predicted octanol–water partition coefficient (Wildman–Crippen LogP) is 5.99.